The number of carbonyl (C=O) groups is 3. The number of nitro groups is 1. The summed E-state index contributed by atoms with van der Waals surface area (Å²) in [6.07, 6.45) is -0.114. The van der Waals surface area contributed by atoms with E-state index in [2.05, 4.69) is 0 Å². The van der Waals surface area contributed by atoms with Crippen LogP contribution in [0, 0.1) is 28.8 Å². The fourth-order valence-electron chi connectivity index (χ4n) is 3.14. The molecule has 1 fully saturated rings. The molecule has 1 heterocycles. The van der Waals surface area contributed by atoms with Crippen LogP contribution in [0.15, 0.2) is 36.4 Å². The van der Waals surface area contributed by atoms with Crippen molar-refractivity contribution >= 4 is 29.2 Å². The predicted octanol–water partition coefficient (Wildman–Crippen LogP) is 2.24. The molecule has 1 aliphatic rings. The van der Waals surface area contributed by atoms with Gasteiger partial charge in [0.05, 0.1) is 16.4 Å². The second-order valence-corrected chi connectivity index (χ2v) is 6.91. The lowest BCUT2D eigenvalue weighted by molar-refractivity contribution is -0.385. The quantitative estimate of drug-likeness (QED) is 0.437. The molecule has 3 rings (SSSR count). The van der Waals surface area contributed by atoms with Gasteiger partial charge in [-0.25, -0.2) is 4.39 Å². The van der Waals surface area contributed by atoms with Gasteiger partial charge >= 0.3 is 5.97 Å². The summed E-state index contributed by atoms with van der Waals surface area (Å²) in [6, 6.07) is 7.95. The smallest absolute Gasteiger partial charge is 0.311 e. The molecule has 2 amide bonds. The highest BCUT2D eigenvalue weighted by atomic mass is 19.1. The Bertz CT molecular complexity index is 1050. The number of nitrogens with zero attached hydrogens (tertiary/aromatic N) is 2. The molecule has 0 aliphatic carbocycles. The van der Waals surface area contributed by atoms with E-state index in [-0.39, 0.29) is 30.0 Å². The zero-order valence-electron chi connectivity index (χ0n) is 16.0. The third kappa shape index (κ3) is 4.27. The van der Waals surface area contributed by atoms with Gasteiger partial charge in [0.25, 0.3) is 5.69 Å². The maximum atomic E-state index is 13.8. The molecule has 2 N–H and O–H groups in total. The number of anilines is 1. The molecule has 0 spiro atoms. The number of ether oxygens (including phenoxy) is 1. The first-order valence-electron chi connectivity index (χ1n) is 8.97. The fraction of sp³-hybridized carbons (Fsp3) is 0.250. The first-order chi connectivity index (χ1) is 14.2. The van der Waals surface area contributed by atoms with Crippen LogP contribution in [0.1, 0.15) is 27.9 Å². The second kappa shape index (κ2) is 8.27. The summed E-state index contributed by atoms with van der Waals surface area (Å²) in [4.78, 5) is 47.7. The maximum absolute atomic E-state index is 13.8. The Morgan fingerprint density at radius 3 is 2.67 bits per heavy atom. The number of hydrogen-bond acceptors (Lipinski definition) is 6. The summed E-state index contributed by atoms with van der Waals surface area (Å²) in [7, 11) is 0. The fourth-order valence-corrected chi connectivity index (χ4v) is 3.14. The standard InChI is InChI=1S/C20H18FN3O6/c1-11-2-5-15(8-16(11)21)23-9-14(7-18(23)25)20(27)30-10-13-4-3-12(19(22)26)6-17(13)24(28)29/h2-6,8,14H,7,9-10H2,1H3,(H2,22,26)/t14-/m1/s1. The van der Waals surface area contributed by atoms with Crippen LogP contribution >= 0.6 is 0 Å². The van der Waals surface area contributed by atoms with E-state index >= 15 is 0 Å². The van der Waals surface area contributed by atoms with Crippen molar-refractivity contribution in [2.75, 3.05) is 11.4 Å². The van der Waals surface area contributed by atoms with Gasteiger partial charge in [0, 0.05) is 30.3 Å². The van der Waals surface area contributed by atoms with E-state index in [4.69, 9.17) is 10.5 Å². The van der Waals surface area contributed by atoms with Gasteiger partial charge in [0.2, 0.25) is 11.8 Å². The van der Waals surface area contributed by atoms with Crippen molar-refractivity contribution in [2.45, 2.75) is 20.0 Å². The minimum Gasteiger partial charge on any atom is -0.460 e. The highest BCUT2D eigenvalue weighted by Gasteiger charge is 2.36. The van der Waals surface area contributed by atoms with Crippen LogP contribution in [0.3, 0.4) is 0 Å². The monoisotopic (exact) mass is 415 g/mol. The van der Waals surface area contributed by atoms with Crippen LogP contribution in [0.4, 0.5) is 15.8 Å². The Balaban J connectivity index is 1.68. The van der Waals surface area contributed by atoms with Crippen LogP contribution in [0.25, 0.3) is 0 Å². The molecule has 1 saturated heterocycles. The lowest BCUT2D eigenvalue weighted by Gasteiger charge is -2.17. The highest BCUT2D eigenvalue weighted by Crippen LogP contribution is 2.28. The molecule has 10 heteroatoms. The molecule has 0 saturated carbocycles. The lowest BCUT2D eigenvalue weighted by atomic mass is 10.1. The average molecular weight is 415 g/mol. The Hall–Kier alpha value is -3.82. The normalized spacial score (nSPS) is 15.9. The van der Waals surface area contributed by atoms with Crippen molar-refractivity contribution in [3.8, 4) is 0 Å². The predicted molar refractivity (Wildman–Crippen MR) is 103 cm³/mol. The summed E-state index contributed by atoms with van der Waals surface area (Å²) < 4.78 is 19.0. The number of halogens is 1. The summed E-state index contributed by atoms with van der Waals surface area (Å²) in [5.41, 5.74) is 5.54. The molecule has 1 atom stereocenters. The second-order valence-electron chi connectivity index (χ2n) is 6.91. The molecule has 0 aromatic heterocycles. The van der Waals surface area contributed by atoms with Gasteiger partial charge in [-0.1, -0.05) is 6.07 Å². The number of amides is 2. The molecule has 1 aliphatic heterocycles. The number of hydrogen-bond donors (Lipinski definition) is 1. The molecule has 0 bridgehead atoms. The van der Waals surface area contributed by atoms with Gasteiger partial charge in [-0.15, -0.1) is 0 Å². The van der Waals surface area contributed by atoms with Crippen molar-refractivity contribution in [1.82, 2.24) is 0 Å². The van der Waals surface area contributed by atoms with Crippen molar-refractivity contribution in [3.63, 3.8) is 0 Å². The van der Waals surface area contributed by atoms with Crippen molar-refractivity contribution in [1.29, 1.82) is 0 Å². The molecule has 30 heavy (non-hydrogen) atoms. The van der Waals surface area contributed by atoms with E-state index < -0.39 is 40.8 Å². The zero-order chi connectivity index (χ0) is 22.0. The Labute approximate surface area is 170 Å². The van der Waals surface area contributed by atoms with E-state index in [1.165, 1.54) is 23.1 Å². The number of esters is 1. The van der Waals surface area contributed by atoms with Crippen LogP contribution in [0.2, 0.25) is 0 Å². The van der Waals surface area contributed by atoms with Gasteiger partial charge < -0.3 is 15.4 Å². The number of nitro benzene ring substituents is 1. The molecule has 0 unspecified atom stereocenters. The van der Waals surface area contributed by atoms with Gasteiger partial charge in [-0.2, -0.15) is 0 Å². The maximum Gasteiger partial charge on any atom is 0.311 e. The summed E-state index contributed by atoms with van der Waals surface area (Å²) in [6.45, 7) is 1.21. The average Bonchev–Trinajstić information content (AvgIpc) is 3.09. The molecular formula is C20H18FN3O6. The minimum absolute atomic E-state index is 0.0167. The summed E-state index contributed by atoms with van der Waals surface area (Å²) >= 11 is 0. The van der Waals surface area contributed by atoms with E-state index in [9.17, 15) is 28.9 Å². The largest absolute Gasteiger partial charge is 0.460 e. The molecule has 2 aromatic rings. The van der Waals surface area contributed by atoms with Gasteiger partial charge in [0.15, 0.2) is 0 Å². The van der Waals surface area contributed by atoms with Gasteiger partial charge in [-0.05, 0) is 36.8 Å². The summed E-state index contributed by atoms with van der Waals surface area (Å²) in [5.74, 6) is -3.12. The first kappa shape index (κ1) is 20.9. The highest BCUT2D eigenvalue weighted by molar-refractivity contribution is 5.99. The molecule has 9 nitrogen and oxygen atoms in total. The van der Waals surface area contributed by atoms with Crippen molar-refractivity contribution < 1.29 is 28.4 Å². The Kier molecular flexibility index (Phi) is 5.77. The SMILES string of the molecule is Cc1ccc(N2C[C@H](C(=O)OCc3ccc(C(N)=O)cc3[N+](=O)[O-])CC2=O)cc1F. The number of rotatable bonds is 6. The number of benzene rings is 2. The number of aryl methyl sites for hydroxylation is 1. The molecule has 156 valence electrons. The van der Waals surface area contributed by atoms with E-state index in [1.807, 2.05) is 0 Å². The molecule has 0 radical (unpaired) electrons. The summed E-state index contributed by atoms with van der Waals surface area (Å²) in [5, 5.41) is 11.2. The third-order valence-electron chi connectivity index (χ3n) is 4.86. The van der Waals surface area contributed by atoms with E-state index in [1.54, 1.807) is 19.1 Å². The van der Waals surface area contributed by atoms with E-state index in [0.29, 0.717) is 11.3 Å². The molecular weight excluding hydrogens is 397 g/mol. The minimum atomic E-state index is -0.821. The third-order valence-corrected chi connectivity index (χ3v) is 4.86. The van der Waals surface area contributed by atoms with Gasteiger partial charge in [-0.3, -0.25) is 24.5 Å². The van der Waals surface area contributed by atoms with Crippen LogP contribution in [0.5, 0.6) is 0 Å². The van der Waals surface area contributed by atoms with Crippen LogP contribution in [-0.2, 0) is 20.9 Å². The number of primary amides is 1. The number of carbonyl (C=O) groups excluding carboxylic acids is 3. The Morgan fingerprint density at radius 2 is 2.03 bits per heavy atom. The number of nitrogens with two attached hydrogens (primary N) is 1. The Morgan fingerprint density at radius 1 is 1.30 bits per heavy atom. The van der Waals surface area contributed by atoms with Crippen LogP contribution < -0.4 is 10.6 Å². The van der Waals surface area contributed by atoms with Crippen LogP contribution in [-0.4, -0.2) is 29.3 Å². The topological polar surface area (TPSA) is 133 Å². The zero-order valence-corrected chi connectivity index (χ0v) is 16.0. The molecule has 2 aromatic carbocycles. The van der Waals surface area contributed by atoms with Crippen molar-refractivity contribution in [3.05, 3.63) is 69.0 Å². The van der Waals surface area contributed by atoms with Crippen molar-refractivity contribution in [2.24, 2.45) is 11.7 Å². The van der Waals surface area contributed by atoms with Gasteiger partial charge in [0.1, 0.15) is 12.4 Å². The lowest BCUT2D eigenvalue weighted by Crippen LogP contribution is -2.26. The van der Waals surface area contributed by atoms with E-state index in [0.717, 1.165) is 6.07 Å². The first-order valence-corrected chi connectivity index (χ1v) is 8.97.